The second kappa shape index (κ2) is 13.1. The molecule has 1 fully saturated rings. The molecule has 0 radical (unpaired) electrons. The molecule has 0 bridgehead atoms. The Morgan fingerprint density at radius 1 is 0.951 bits per heavy atom. The molecule has 0 saturated carbocycles. The molecule has 2 heterocycles. The number of carbonyl (C=O) groups is 3. The highest BCUT2D eigenvalue weighted by molar-refractivity contribution is 6.08. The maximum atomic E-state index is 13.6. The van der Waals surface area contributed by atoms with Crippen LogP contribution < -0.4 is 5.32 Å². The fraction of sp³-hybridized carbons (Fsp3) is 0.455. The Bertz CT molecular complexity index is 1330. The van der Waals surface area contributed by atoms with E-state index in [2.05, 4.69) is 19.2 Å². The van der Waals surface area contributed by atoms with E-state index in [-0.39, 0.29) is 18.2 Å². The lowest BCUT2D eigenvalue weighted by molar-refractivity contribution is -0.127. The van der Waals surface area contributed by atoms with Crippen LogP contribution in [-0.4, -0.2) is 65.3 Å². The van der Waals surface area contributed by atoms with Crippen molar-refractivity contribution in [3.05, 3.63) is 59.2 Å². The van der Waals surface area contributed by atoms with Gasteiger partial charge in [0.2, 0.25) is 5.91 Å². The average Bonchev–Trinajstić information content (AvgIpc) is 3.40. The van der Waals surface area contributed by atoms with Gasteiger partial charge in [-0.2, -0.15) is 0 Å². The number of likely N-dealkylation sites (tertiary alicyclic amines) is 1. The van der Waals surface area contributed by atoms with Crippen LogP contribution >= 0.6 is 0 Å². The Balaban J connectivity index is 1.66. The molecule has 218 valence electrons. The molecule has 2 aliphatic rings. The molecular formula is C33H42N4O4. The molecule has 0 atom stereocenters. The largest absolute Gasteiger partial charge is 0.444 e. The lowest BCUT2D eigenvalue weighted by Gasteiger charge is -2.23. The minimum absolute atomic E-state index is 0.0532. The quantitative estimate of drug-likeness (QED) is 0.416. The lowest BCUT2D eigenvalue weighted by atomic mass is 9.99. The average molecular weight is 559 g/mol. The van der Waals surface area contributed by atoms with Gasteiger partial charge in [0.15, 0.2) is 0 Å². The number of amides is 3. The standard InChI is InChI=1S/C33H42N4O4/c1-6-16-36(17-7-2)31(39)27-20-26-15-14-25(21-28(26)34-29(22-27)35-32(40)41-33(3,4)5)23-10-12-24(13-11-23)30(38)37-18-8-9-19-37/h10-15,20-21H,6-9,16-19,22H2,1-5H3,(H,34,35,40). The highest BCUT2D eigenvalue weighted by atomic mass is 16.6. The number of nitrogens with zero attached hydrogens (tertiary/aromatic N) is 3. The van der Waals surface area contributed by atoms with Crippen molar-refractivity contribution in [1.82, 2.24) is 15.1 Å². The van der Waals surface area contributed by atoms with E-state index < -0.39 is 11.7 Å². The van der Waals surface area contributed by atoms with Crippen LogP contribution in [0.25, 0.3) is 17.2 Å². The number of nitrogens with one attached hydrogen (secondary N) is 1. The second-order valence-corrected chi connectivity index (χ2v) is 11.7. The predicted molar refractivity (Wildman–Crippen MR) is 163 cm³/mol. The van der Waals surface area contributed by atoms with Crippen molar-refractivity contribution < 1.29 is 19.1 Å². The third-order valence-corrected chi connectivity index (χ3v) is 7.03. The molecule has 2 aromatic rings. The number of benzene rings is 2. The first-order valence-electron chi connectivity index (χ1n) is 14.7. The first-order valence-corrected chi connectivity index (χ1v) is 14.7. The zero-order valence-electron chi connectivity index (χ0n) is 25.0. The summed E-state index contributed by atoms with van der Waals surface area (Å²) in [6.07, 6.45) is 5.28. The van der Waals surface area contributed by atoms with Gasteiger partial charge in [-0.1, -0.05) is 38.1 Å². The predicted octanol–water partition coefficient (Wildman–Crippen LogP) is 6.58. The number of amidine groups is 1. The molecule has 0 spiro atoms. The van der Waals surface area contributed by atoms with E-state index in [0.717, 1.165) is 55.5 Å². The summed E-state index contributed by atoms with van der Waals surface area (Å²) in [7, 11) is 0. The van der Waals surface area contributed by atoms with Gasteiger partial charge in [-0.25, -0.2) is 9.79 Å². The number of aliphatic imine (C=N–C) groups is 1. The number of fused-ring (bicyclic) bond motifs is 1. The van der Waals surface area contributed by atoms with Crippen molar-refractivity contribution in [2.75, 3.05) is 26.2 Å². The maximum absolute atomic E-state index is 13.6. The molecule has 1 saturated heterocycles. The van der Waals surface area contributed by atoms with Crippen LogP contribution in [-0.2, 0) is 9.53 Å². The fourth-order valence-electron chi connectivity index (χ4n) is 5.14. The Kier molecular flexibility index (Phi) is 9.63. The molecule has 4 rings (SSSR count). The van der Waals surface area contributed by atoms with Gasteiger partial charge in [0.25, 0.3) is 5.91 Å². The summed E-state index contributed by atoms with van der Waals surface area (Å²) in [5, 5.41) is 2.79. The molecule has 3 amide bonds. The molecule has 0 unspecified atom stereocenters. The van der Waals surface area contributed by atoms with Crippen molar-refractivity contribution in [3.63, 3.8) is 0 Å². The van der Waals surface area contributed by atoms with Gasteiger partial charge < -0.3 is 14.5 Å². The molecule has 0 aliphatic carbocycles. The number of hydrogen-bond acceptors (Lipinski definition) is 5. The first-order chi connectivity index (χ1) is 19.6. The van der Waals surface area contributed by atoms with Gasteiger partial charge in [-0.15, -0.1) is 0 Å². The van der Waals surface area contributed by atoms with Crippen LogP contribution in [0.5, 0.6) is 0 Å². The summed E-state index contributed by atoms with van der Waals surface area (Å²) < 4.78 is 5.47. The molecular weight excluding hydrogens is 516 g/mol. The summed E-state index contributed by atoms with van der Waals surface area (Å²) in [6.45, 7) is 12.5. The Labute approximate surface area is 243 Å². The van der Waals surface area contributed by atoms with Crippen molar-refractivity contribution >= 4 is 35.5 Å². The van der Waals surface area contributed by atoms with Gasteiger partial charge in [0, 0.05) is 49.3 Å². The highest BCUT2D eigenvalue weighted by Gasteiger charge is 2.25. The number of hydrogen-bond donors (Lipinski definition) is 1. The van der Waals surface area contributed by atoms with Crippen molar-refractivity contribution in [2.45, 2.75) is 72.3 Å². The zero-order chi connectivity index (χ0) is 29.6. The normalized spacial score (nSPS) is 14.9. The fourth-order valence-corrected chi connectivity index (χ4v) is 5.14. The molecule has 8 nitrogen and oxygen atoms in total. The summed E-state index contributed by atoms with van der Waals surface area (Å²) in [5.41, 5.74) is 3.89. The molecule has 2 aromatic carbocycles. The summed E-state index contributed by atoms with van der Waals surface area (Å²) >= 11 is 0. The lowest BCUT2D eigenvalue weighted by Crippen LogP contribution is -2.38. The molecule has 1 N–H and O–H groups in total. The van der Waals surface area contributed by atoms with E-state index in [9.17, 15) is 14.4 Å². The van der Waals surface area contributed by atoms with Crippen molar-refractivity contribution in [1.29, 1.82) is 0 Å². The van der Waals surface area contributed by atoms with Gasteiger partial charge in [-0.3, -0.25) is 14.9 Å². The Hall–Kier alpha value is -3.94. The van der Waals surface area contributed by atoms with Crippen LogP contribution in [0.3, 0.4) is 0 Å². The molecule has 2 aliphatic heterocycles. The third kappa shape index (κ3) is 7.84. The molecule has 0 aromatic heterocycles. The Morgan fingerprint density at radius 3 is 2.20 bits per heavy atom. The van der Waals surface area contributed by atoms with E-state index in [0.29, 0.717) is 35.7 Å². The third-order valence-electron chi connectivity index (χ3n) is 7.03. The van der Waals surface area contributed by atoms with Crippen molar-refractivity contribution in [2.24, 2.45) is 4.99 Å². The summed E-state index contributed by atoms with van der Waals surface area (Å²) in [6, 6.07) is 13.5. The minimum Gasteiger partial charge on any atom is -0.444 e. The SMILES string of the molecule is CCCN(CCC)C(=O)C1=Cc2ccc(-c3ccc(C(=O)N4CCCC4)cc3)cc2N=C(NC(=O)OC(C)(C)C)C1. The molecule has 41 heavy (non-hydrogen) atoms. The van der Waals surface area contributed by atoms with Crippen LogP contribution in [0.2, 0.25) is 0 Å². The Morgan fingerprint density at radius 2 is 1.59 bits per heavy atom. The summed E-state index contributed by atoms with van der Waals surface area (Å²) in [5.74, 6) is 0.373. The van der Waals surface area contributed by atoms with E-state index in [1.54, 1.807) is 20.8 Å². The number of ether oxygens (including phenoxy) is 1. The van der Waals surface area contributed by atoms with E-state index >= 15 is 0 Å². The number of alkyl carbamates (subject to hydrolysis) is 1. The summed E-state index contributed by atoms with van der Waals surface area (Å²) in [4.78, 5) is 47.6. The van der Waals surface area contributed by atoms with Gasteiger partial charge in [0.1, 0.15) is 11.4 Å². The first kappa shape index (κ1) is 30.0. The highest BCUT2D eigenvalue weighted by Crippen LogP contribution is 2.33. The van der Waals surface area contributed by atoms with Crippen LogP contribution in [0.4, 0.5) is 10.5 Å². The van der Waals surface area contributed by atoms with Crippen LogP contribution in [0.15, 0.2) is 53.0 Å². The number of rotatable bonds is 7. The van der Waals surface area contributed by atoms with Gasteiger partial charge >= 0.3 is 6.09 Å². The molecule has 8 heteroatoms. The second-order valence-electron chi connectivity index (χ2n) is 11.7. The van der Waals surface area contributed by atoms with Crippen LogP contribution in [0, 0.1) is 0 Å². The van der Waals surface area contributed by atoms with Crippen molar-refractivity contribution in [3.8, 4) is 11.1 Å². The van der Waals surface area contributed by atoms with E-state index in [1.165, 1.54) is 0 Å². The topological polar surface area (TPSA) is 91.3 Å². The van der Waals surface area contributed by atoms with Gasteiger partial charge in [0.05, 0.1) is 5.69 Å². The van der Waals surface area contributed by atoms with E-state index in [4.69, 9.17) is 9.73 Å². The van der Waals surface area contributed by atoms with Gasteiger partial charge in [-0.05, 0) is 81.9 Å². The zero-order valence-corrected chi connectivity index (χ0v) is 25.0. The maximum Gasteiger partial charge on any atom is 0.413 e. The minimum atomic E-state index is -0.670. The van der Waals surface area contributed by atoms with Crippen LogP contribution in [0.1, 0.15) is 82.6 Å². The number of carbonyl (C=O) groups excluding carboxylic acids is 3. The van der Waals surface area contributed by atoms with E-state index in [1.807, 2.05) is 58.3 Å². The smallest absolute Gasteiger partial charge is 0.413 e. The monoisotopic (exact) mass is 558 g/mol.